The highest BCUT2D eigenvalue weighted by Gasteiger charge is 2.18. The Labute approximate surface area is 175 Å². The van der Waals surface area contributed by atoms with Crippen LogP contribution >= 0.6 is 11.3 Å². The van der Waals surface area contributed by atoms with E-state index in [1.807, 2.05) is 6.92 Å². The number of halogens is 2. The number of alkyl halides is 2. The summed E-state index contributed by atoms with van der Waals surface area (Å²) in [6.45, 7) is -0.570. The van der Waals surface area contributed by atoms with Crippen molar-refractivity contribution in [2.45, 2.75) is 13.5 Å². The maximum absolute atomic E-state index is 12.4. The van der Waals surface area contributed by atoms with Crippen LogP contribution in [0.15, 0.2) is 60.0 Å². The summed E-state index contributed by atoms with van der Waals surface area (Å²) in [6.07, 6.45) is 0. The molecule has 0 aliphatic rings. The van der Waals surface area contributed by atoms with Crippen LogP contribution in [0.2, 0.25) is 0 Å². The first-order valence-corrected chi connectivity index (χ1v) is 9.82. The Bertz CT molecular complexity index is 1000. The first kappa shape index (κ1) is 21.3. The number of anilines is 2. The third-order valence-electron chi connectivity index (χ3n) is 3.88. The molecule has 0 radical (unpaired) electrons. The fourth-order valence-electron chi connectivity index (χ4n) is 2.55. The van der Waals surface area contributed by atoms with Gasteiger partial charge in [-0.1, -0.05) is 0 Å². The van der Waals surface area contributed by atoms with Crippen molar-refractivity contribution in [3.8, 4) is 11.5 Å². The molecule has 2 amide bonds. The molecule has 1 aromatic heterocycles. The Hall–Kier alpha value is -3.46. The lowest BCUT2D eigenvalue weighted by atomic mass is 10.2. The number of ether oxygens (including phenoxy) is 2. The van der Waals surface area contributed by atoms with Gasteiger partial charge >= 0.3 is 6.61 Å². The molecule has 9 heteroatoms. The molecule has 2 N–H and O–H groups in total. The van der Waals surface area contributed by atoms with E-state index >= 15 is 0 Å². The van der Waals surface area contributed by atoms with Crippen molar-refractivity contribution in [1.29, 1.82) is 0 Å². The maximum atomic E-state index is 12.4. The fraction of sp³-hybridized carbons (Fsp3) is 0.143. The standard InChI is InChI=1S/C21H18F2N2O4S/c1-2-28-16-9-7-15(8-10-16)24-19(26)13-3-5-14(6-4-13)25-20(27)18-17(11-12-30-18)29-21(22)23/h3-12,21H,2H2,1H3,(H,24,26)(H,25,27). The van der Waals surface area contributed by atoms with Gasteiger partial charge in [-0.2, -0.15) is 8.78 Å². The van der Waals surface area contributed by atoms with E-state index in [2.05, 4.69) is 15.4 Å². The molecule has 3 aromatic rings. The molecule has 1 heterocycles. The molecule has 0 bridgehead atoms. The summed E-state index contributed by atoms with van der Waals surface area (Å²) in [5.74, 6) is -0.363. The molecular formula is C21H18F2N2O4S. The van der Waals surface area contributed by atoms with E-state index in [9.17, 15) is 18.4 Å². The molecule has 0 atom stereocenters. The van der Waals surface area contributed by atoms with Gasteiger partial charge in [0.25, 0.3) is 11.8 Å². The van der Waals surface area contributed by atoms with Gasteiger partial charge in [0.1, 0.15) is 16.4 Å². The molecule has 0 saturated heterocycles. The third-order valence-corrected chi connectivity index (χ3v) is 4.77. The van der Waals surface area contributed by atoms with Crippen LogP contribution in [0.4, 0.5) is 20.2 Å². The minimum absolute atomic E-state index is 0.0348. The van der Waals surface area contributed by atoms with E-state index in [-0.39, 0.29) is 16.5 Å². The summed E-state index contributed by atoms with van der Waals surface area (Å²) in [5, 5.41) is 6.85. The molecule has 156 valence electrons. The Kier molecular flexibility index (Phi) is 6.97. The van der Waals surface area contributed by atoms with Gasteiger partial charge in [0, 0.05) is 16.9 Å². The van der Waals surface area contributed by atoms with Crippen LogP contribution in [-0.2, 0) is 0 Å². The molecule has 30 heavy (non-hydrogen) atoms. The Morgan fingerprint density at radius 2 is 1.53 bits per heavy atom. The zero-order valence-corrected chi connectivity index (χ0v) is 16.7. The number of benzene rings is 2. The summed E-state index contributed by atoms with van der Waals surface area (Å²) >= 11 is 0.989. The van der Waals surface area contributed by atoms with Crippen LogP contribution in [0.5, 0.6) is 11.5 Å². The molecule has 0 fully saturated rings. The highest BCUT2D eigenvalue weighted by Crippen LogP contribution is 2.27. The van der Waals surface area contributed by atoms with Crippen LogP contribution in [0.1, 0.15) is 27.0 Å². The van der Waals surface area contributed by atoms with Gasteiger partial charge in [0.2, 0.25) is 0 Å². The molecular weight excluding hydrogens is 414 g/mol. The minimum atomic E-state index is -3.01. The van der Waals surface area contributed by atoms with Crippen molar-refractivity contribution in [2.75, 3.05) is 17.2 Å². The van der Waals surface area contributed by atoms with Gasteiger partial charge in [0.05, 0.1) is 6.61 Å². The normalized spacial score (nSPS) is 10.5. The number of amides is 2. The second-order valence-electron chi connectivity index (χ2n) is 5.94. The highest BCUT2D eigenvalue weighted by atomic mass is 32.1. The van der Waals surface area contributed by atoms with Crippen molar-refractivity contribution >= 4 is 34.5 Å². The van der Waals surface area contributed by atoms with Gasteiger partial charge in [-0.15, -0.1) is 11.3 Å². The smallest absolute Gasteiger partial charge is 0.387 e. The molecule has 0 unspecified atom stereocenters. The van der Waals surface area contributed by atoms with E-state index in [1.165, 1.54) is 11.4 Å². The Morgan fingerprint density at radius 3 is 2.13 bits per heavy atom. The molecule has 3 rings (SSSR count). The number of hydrogen-bond donors (Lipinski definition) is 2. The lowest BCUT2D eigenvalue weighted by molar-refractivity contribution is -0.0498. The van der Waals surface area contributed by atoms with Gasteiger partial charge in [0.15, 0.2) is 0 Å². The Morgan fingerprint density at radius 1 is 0.933 bits per heavy atom. The quantitative estimate of drug-likeness (QED) is 0.510. The van der Waals surface area contributed by atoms with Crippen molar-refractivity contribution in [3.05, 3.63) is 70.4 Å². The lowest BCUT2D eigenvalue weighted by Crippen LogP contribution is -2.14. The fourth-order valence-corrected chi connectivity index (χ4v) is 3.27. The number of carbonyl (C=O) groups excluding carboxylic acids is 2. The van der Waals surface area contributed by atoms with Crippen molar-refractivity contribution in [2.24, 2.45) is 0 Å². The Balaban J connectivity index is 1.61. The van der Waals surface area contributed by atoms with E-state index in [0.717, 1.165) is 11.3 Å². The third kappa shape index (κ3) is 5.54. The number of thiophene rings is 1. The van der Waals surface area contributed by atoms with E-state index in [0.29, 0.717) is 29.3 Å². The number of rotatable bonds is 8. The summed E-state index contributed by atoms with van der Waals surface area (Å²) in [5.41, 5.74) is 1.42. The van der Waals surface area contributed by atoms with Gasteiger partial charge in [-0.25, -0.2) is 0 Å². The van der Waals surface area contributed by atoms with E-state index in [1.54, 1.807) is 48.5 Å². The van der Waals surface area contributed by atoms with Crippen molar-refractivity contribution in [3.63, 3.8) is 0 Å². The van der Waals surface area contributed by atoms with Crippen LogP contribution in [0, 0.1) is 0 Å². The molecule has 0 saturated carbocycles. The van der Waals surface area contributed by atoms with Crippen LogP contribution < -0.4 is 20.1 Å². The van der Waals surface area contributed by atoms with Crippen molar-refractivity contribution < 1.29 is 27.8 Å². The highest BCUT2D eigenvalue weighted by molar-refractivity contribution is 7.12. The first-order chi connectivity index (χ1) is 14.5. The minimum Gasteiger partial charge on any atom is -0.494 e. The monoisotopic (exact) mass is 432 g/mol. The molecule has 0 spiro atoms. The van der Waals surface area contributed by atoms with Gasteiger partial charge in [-0.05, 0) is 66.9 Å². The topological polar surface area (TPSA) is 76.7 Å². The first-order valence-electron chi connectivity index (χ1n) is 8.94. The second-order valence-corrected chi connectivity index (χ2v) is 6.85. The van der Waals surface area contributed by atoms with Crippen molar-refractivity contribution in [1.82, 2.24) is 0 Å². The molecule has 0 aliphatic carbocycles. The van der Waals surface area contributed by atoms with Gasteiger partial charge < -0.3 is 20.1 Å². The average molecular weight is 432 g/mol. The second kappa shape index (κ2) is 9.84. The number of carbonyl (C=O) groups is 2. The van der Waals surface area contributed by atoms with E-state index in [4.69, 9.17) is 4.74 Å². The summed E-state index contributed by atoms with van der Waals surface area (Å²) in [7, 11) is 0. The predicted octanol–water partition coefficient (Wildman–Crippen LogP) is 5.25. The summed E-state index contributed by atoms with van der Waals surface area (Å²) < 4.78 is 34.5. The molecule has 2 aromatic carbocycles. The molecule has 6 nitrogen and oxygen atoms in total. The van der Waals surface area contributed by atoms with Crippen LogP contribution in [0.3, 0.4) is 0 Å². The van der Waals surface area contributed by atoms with Gasteiger partial charge in [-0.3, -0.25) is 9.59 Å². The zero-order valence-electron chi connectivity index (χ0n) is 15.9. The van der Waals surface area contributed by atoms with Crippen LogP contribution in [0.25, 0.3) is 0 Å². The summed E-state index contributed by atoms with van der Waals surface area (Å²) in [6, 6.07) is 14.5. The molecule has 0 aliphatic heterocycles. The SMILES string of the molecule is CCOc1ccc(NC(=O)c2ccc(NC(=O)c3sccc3OC(F)F)cc2)cc1. The predicted molar refractivity (Wildman–Crippen MR) is 111 cm³/mol. The number of hydrogen-bond acceptors (Lipinski definition) is 5. The summed E-state index contributed by atoms with van der Waals surface area (Å²) in [4.78, 5) is 24.7. The largest absolute Gasteiger partial charge is 0.494 e. The maximum Gasteiger partial charge on any atom is 0.387 e. The zero-order chi connectivity index (χ0) is 21.5. The average Bonchev–Trinajstić information content (AvgIpc) is 3.18. The van der Waals surface area contributed by atoms with E-state index < -0.39 is 12.5 Å². The lowest BCUT2D eigenvalue weighted by Gasteiger charge is -2.09. The number of nitrogens with one attached hydrogen (secondary N) is 2. The van der Waals surface area contributed by atoms with Crippen LogP contribution in [-0.4, -0.2) is 25.0 Å².